The molecule has 0 spiro atoms. The molecule has 0 aliphatic carbocycles. The minimum atomic E-state index is 0.287. The number of rotatable bonds is 5. The normalized spacial score (nSPS) is 9.65. The molecule has 0 atom stereocenters. The van der Waals surface area contributed by atoms with Gasteiger partial charge in [0.2, 0.25) is 0 Å². The lowest BCUT2D eigenvalue weighted by Gasteiger charge is -2.06. The van der Waals surface area contributed by atoms with Gasteiger partial charge in [0.25, 0.3) is 6.47 Å². The zero-order chi connectivity index (χ0) is 11.9. The second kappa shape index (κ2) is 5.70. The Morgan fingerprint density at radius 3 is 2.18 bits per heavy atom. The second-order valence-electron chi connectivity index (χ2n) is 3.47. The molecule has 0 saturated heterocycles. The second-order valence-corrected chi connectivity index (χ2v) is 3.47. The topological polar surface area (TPSA) is 35.5 Å². The third-order valence-corrected chi connectivity index (χ3v) is 2.22. The van der Waals surface area contributed by atoms with E-state index < -0.39 is 0 Å². The van der Waals surface area contributed by atoms with E-state index >= 15 is 0 Å². The molecule has 0 saturated carbocycles. The van der Waals surface area contributed by atoms with Crippen molar-refractivity contribution < 1.29 is 14.3 Å². The van der Waals surface area contributed by atoms with Crippen LogP contribution in [0.2, 0.25) is 0 Å². The van der Waals surface area contributed by atoms with Crippen LogP contribution < -0.4 is 4.74 Å². The van der Waals surface area contributed by atoms with E-state index in [4.69, 9.17) is 4.74 Å². The van der Waals surface area contributed by atoms with E-state index in [1.54, 1.807) is 0 Å². The molecule has 0 N–H and O–H groups in total. The van der Waals surface area contributed by atoms with Crippen molar-refractivity contribution >= 4 is 6.47 Å². The third-order valence-electron chi connectivity index (χ3n) is 2.22. The predicted octanol–water partition coefficient (Wildman–Crippen LogP) is 3.15. The number of benzene rings is 2. The Kier molecular flexibility index (Phi) is 3.76. The smallest absolute Gasteiger partial charge is 0.293 e. The summed E-state index contributed by atoms with van der Waals surface area (Å²) in [5, 5.41) is 0. The average molecular weight is 228 g/mol. The minimum Gasteiger partial charge on any atom is -0.463 e. The van der Waals surface area contributed by atoms with Gasteiger partial charge in [0.05, 0.1) is 0 Å². The summed E-state index contributed by atoms with van der Waals surface area (Å²) in [4.78, 5) is 10.0. The number of ether oxygens (including phenoxy) is 2. The molecule has 2 aromatic rings. The van der Waals surface area contributed by atoms with E-state index in [-0.39, 0.29) is 6.61 Å². The van der Waals surface area contributed by atoms with E-state index in [0.717, 1.165) is 17.1 Å². The first-order valence-corrected chi connectivity index (χ1v) is 5.25. The molecule has 2 rings (SSSR count). The van der Waals surface area contributed by atoms with Gasteiger partial charge in [0.15, 0.2) is 0 Å². The molecule has 2 aromatic carbocycles. The van der Waals surface area contributed by atoms with Crippen LogP contribution in [-0.2, 0) is 16.1 Å². The zero-order valence-corrected chi connectivity index (χ0v) is 9.21. The van der Waals surface area contributed by atoms with Crippen molar-refractivity contribution in [2.45, 2.75) is 6.61 Å². The van der Waals surface area contributed by atoms with Crippen LogP contribution in [0.15, 0.2) is 54.6 Å². The molecule has 0 aliphatic rings. The molecular weight excluding hydrogens is 216 g/mol. The van der Waals surface area contributed by atoms with Gasteiger partial charge < -0.3 is 9.47 Å². The van der Waals surface area contributed by atoms with E-state index in [1.807, 2.05) is 54.6 Å². The first kappa shape index (κ1) is 11.2. The Balaban J connectivity index is 2.01. The number of hydrogen-bond donors (Lipinski definition) is 0. The highest BCUT2D eigenvalue weighted by molar-refractivity contribution is 5.38. The Bertz CT molecular complexity index is 463. The molecule has 0 aromatic heterocycles. The summed E-state index contributed by atoms with van der Waals surface area (Å²) in [6, 6.07) is 17.0. The van der Waals surface area contributed by atoms with E-state index in [9.17, 15) is 4.79 Å². The van der Waals surface area contributed by atoms with Crippen LogP contribution in [0.25, 0.3) is 0 Å². The minimum absolute atomic E-state index is 0.287. The van der Waals surface area contributed by atoms with Crippen molar-refractivity contribution in [2.75, 3.05) is 0 Å². The summed E-state index contributed by atoms with van der Waals surface area (Å²) in [7, 11) is 0. The largest absolute Gasteiger partial charge is 0.463 e. The molecule has 86 valence electrons. The van der Waals surface area contributed by atoms with Crippen molar-refractivity contribution in [1.29, 1.82) is 0 Å². The van der Waals surface area contributed by atoms with Crippen LogP contribution >= 0.6 is 0 Å². The standard InChI is InChI=1S/C14H12O3/c15-11-16-10-12-6-8-14(9-7-12)17-13-4-2-1-3-5-13/h1-9,11H,10H2. The fourth-order valence-electron chi connectivity index (χ4n) is 1.41. The lowest BCUT2D eigenvalue weighted by Crippen LogP contribution is -1.90. The predicted molar refractivity (Wildman–Crippen MR) is 63.8 cm³/mol. The van der Waals surface area contributed by atoms with E-state index in [2.05, 4.69) is 4.74 Å². The van der Waals surface area contributed by atoms with Crippen molar-refractivity contribution in [2.24, 2.45) is 0 Å². The number of para-hydroxylation sites is 1. The summed E-state index contributed by atoms with van der Waals surface area (Å²) in [6.45, 7) is 0.726. The molecule has 0 aliphatic heterocycles. The molecule has 0 radical (unpaired) electrons. The lowest BCUT2D eigenvalue weighted by molar-refractivity contribution is -0.129. The first-order valence-electron chi connectivity index (χ1n) is 5.25. The Labute approximate surface area is 99.6 Å². The maximum atomic E-state index is 10.0. The molecule has 0 unspecified atom stereocenters. The summed E-state index contributed by atoms with van der Waals surface area (Å²) in [5.74, 6) is 1.55. The average Bonchev–Trinajstić information content (AvgIpc) is 2.39. The van der Waals surface area contributed by atoms with Gasteiger partial charge in [-0.3, -0.25) is 4.79 Å². The van der Waals surface area contributed by atoms with Gasteiger partial charge in [-0.25, -0.2) is 0 Å². The van der Waals surface area contributed by atoms with E-state index in [0.29, 0.717) is 6.47 Å². The van der Waals surface area contributed by atoms with Gasteiger partial charge in [-0.05, 0) is 29.8 Å². The number of carbonyl (C=O) groups excluding carboxylic acids is 1. The van der Waals surface area contributed by atoms with Crippen molar-refractivity contribution in [3.8, 4) is 11.5 Å². The van der Waals surface area contributed by atoms with Gasteiger partial charge >= 0.3 is 0 Å². The van der Waals surface area contributed by atoms with Crippen LogP contribution in [-0.4, -0.2) is 6.47 Å². The van der Waals surface area contributed by atoms with Gasteiger partial charge in [0, 0.05) is 0 Å². The monoisotopic (exact) mass is 228 g/mol. The molecule has 17 heavy (non-hydrogen) atoms. The lowest BCUT2D eigenvalue weighted by atomic mass is 10.2. The summed E-state index contributed by atoms with van der Waals surface area (Å²) < 4.78 is 10.3. The van der Waals surface area contributed by atoms with Crippen molar-refractivity contribution in [3.05, 3.63) is 60.2 Å². The van der Waals surface area contributed by atoms with Gasteiger partial charge in [-0.1, -0.05) is 30.3 Å². The molecular formula is C14H12O3. The molecule has 3 nitrogen and oxygen atoms in total. The van der Waals surface area contributed by atoms with Crippen LogP contribution in [0.5, 0.6) is 11.5 Å². The van der Waals surface area contributed by atoms with Crippen LogP contribution in [0, 0.1) is 0 Å². The number of hydrogen-bond acceptors (Lipinski definition) is 3. The van der Waals surface area contributed by atoms with Crippen molar-refractivity contribution in [1.82, 2.24) is 0 Å². The molecule has 0 amide bonds. The molecule has 0 heterocycles. The Morgan fingerprint density at radius 1 is 0.882 bits per heavy atom. The quantitative estimate of drug-likeness (QED) is 0.737. The van der Waals surface area contributed by atoms with Gasteiger partial charge in [-0.15, -0.1) is 0 Å². The maximum Gasteiger partial charge on any atom is 0.293 e. The molecule has 0 bridgehead atoms. The van der Waals surface area contributed by atoms with Crippen LogP contribution in [0.3, 0.4) is 0 Å². The fraction of sp³-hybridized carbons (Fsp3) is 0.0714. The Hall–Kier alpha value is -2.29. The van der Waals surface area contributed by atoms with Gasteiger partial charge in [0.1, 0.15) is 18.1 Å². The summed E-state index contributed by atoms with van der Waals surface area (Å²) in [6.07, 6.45) is 0. The SMILES string of the molecule is O=COCc1ccc(Oc2ccccc2)cc1. The van der Waals surface area contributed by atoms with Crippen molar-refractivity contribution in [3.63, 3.8) is 0 Å². The highest BCUT2D eigenvalue weighted by Crippen LogP contribution is 2.21. The van der Waals surface area contributed by atoms with E-state index in [1.165, 1.54) is 0 Å². The van der Waals surface area contributed by atoms with Crippen LogP contribution in [0.1, 0.15) is 5.56 Å². The Morgan fingerprint density at radius 2 is 1.53 bits per heavy atom. The number of carbonyl (C=O) groups is 1. The fourth-order valence-corrected chi connectivity index (χ4v) is 1.41. The molecule has 0 fully saturated rings. The highest BCUT2D eigenvalue weighted by Gasteiger charge is 1.97. The van der Waals surface area contributed by atoms with Crippen LogP contribution in [0.4, 0.5) is 0 Å². The maximum absolute atomic E-state index is 10.0. The summed E-state index contributed by atoms with van der Waals surface area (Å²) in [5.41, 5.74) is 0.928. The molecule has 3 heteroatoms. The van der Waals surface area contributed by atoms with Gasteiger partial charge in [-0.2, -0.15) is 0 Å². The summed E-state index contributed by atoms with van der Waals surface area (Å²) >= 11 is 0. The highest BCUT2D eigenvalue weighted by atomic mass is 16.5. The third kappa shape index (κ3) is 3.34. The first-order chi connectivity index (χ1) is 8.38. The zero-order valence-electron chi connectivity index (χ0n) is 9.21.